The molecule has 1 aliphatic heterocycles. The van der Waals surface area contributed by atoms with Gasteiger partial charge in [-0.05, 0) is 51.5 Å². The van der Waals surface area contributed by atoms with Crippen LogP contribution in [-0.2, 0) is 14.3 Å². The standard InChI is InChI=1S/C24H28FNO3/c1-15-21(24(28)29-16-9-4-2-3-5-10-16)22(17-11-6-7-12-18(17)25)23-19(26-15)13-8-14-20(23)27/h6-7,11-12,16,22,26H,2-5,8-10,13-14H2,1H3. The Balaban J connectivity index is 1.73. The first kappa shape index (κ1) is 19.9. The fourth-order valence-corrected chi connectivity index (χ4v) is 4.85. The van der Waals surface area contributed by atoms with Crippen molar-refractivity contribution in [3.05, 3.63) is 58.2 Å². The summed E-state index contributed by atoms with van der Waals surface area (Å²) in [6.45, 7) is 1.82. The van der Waals surface area contributed by atoms with Crippen LogP contribution in [0.5, 0.6) is 0 Å². The van der Waals surface area contributed by atoms with E-state index in [1.54, 1.807) is 18.2 Å². The van der Waals surface area contributed by atoms with Crippen molar-refractivity contribution >= 4 is 11.8 Å². The third kappa shape index (κ3) is 4.00. The second-order valence-corrected chi connectivity index (χ2v) is 8.31. The third-order valence-corrected chi connectivity index (χ3v) is 6.29. The van der Waals surface area contributed by atoms with E-state index in [9.17, 15) is 14.0 Å². The van der Waals surface area contributed by atoms with E-state index in [-0.39, 0.29) is 11.9 Å². The van der Waals surface area contributed by atoms with Crippen LogP contribution in [0.2, 0.25) is 0 Å². The highest BCUT2D eigenvalue weighted by Crippen LogP contribution is 2.43. The largest absolute Gasteiger partial charge is 0.459 e. The normalized spacial score (nSPS) is 23.4. The van der Waals surface area contributed by atoms with Crippen molar-refractivity contribution in [2.45, 2.75) is 76.7 Å². The molecule has 0 amide bonds. The molecule has 154 valence electrons. The Kier molecular flexibility index (Phi) is 5.84. The van der Waals surface area contributed by atoms with Crippen LogP contribution in [0.25, 0.3) is 0 Å². The number of nitrogens with one attached hydrogen (secondary N) is 1. The zero-order valence-corrected chi connectivity index (χ0v) is 16.9. The molecule has 0 saturated heterocycles. The first-order chi connectivity index (χ1) is 14.1. The second-order valence-electron chi connectivity index (χ2n) is 8.31. The summed E-state index contributed by atoms with van der Waals surface area (Å²) >= 11 is 0. The fraction of sp³-hybridized carbons (Fsp3) is 0.500. The number of allylic oxidation sites excluding steroid dienone is 3. The summed E-state index contributed by atoms with van der Waals surface area (Å²) in [5, 5.41) is 3.26. The van der Waals surface area contributed by atoms with Gasteiger partial charge in [-0.15, -0.1) is 0 Å². The molecule has 0 radical (unpaired) electrons. The van der Waals surface area contributed by atoms with Gasteiger partial charge in [0, 0.05) is 29.0 Å². The minimum absolute atomic E-state index is 0.0146. The molecule has 1 atom stereocenters. The lowest BCUT2D eigenvalue weighted by Crippen LogP contribution is -2.35. The minimum Gasteiger partial charge on any atom is -0.459 e. The molecule has 1 unspecified atom stereocenters. The summed E-state index contributed by atoms with van der Waals surface area (Å²) in [4.78, 5) is 26.1. The van der Waals surface area contributed by atoms with Crippen LogP contribution < -0.4 is 5.32 Å². The van der Waals surface area contributed by atoms with Crippen LogP contribution in [0, 0.1) is 5.82 Å². The molecule has 3 aliphatic rings. The highest BCUT2D eigenvalue weighted by Gasteiger charge is 2.40. The summed E-state index contributed by atoms with van der Waals surface area (Å²) in [5.41, 5.74) is 2.74. The molecule has 1 aromatic carbocycles. The van der Waals surface area contributed by atoms with E-state index in [0.29, 0.717) is 28.8 Å². The SMILES string of the molecule is CC1=C(C(=O)OC2CCCCCC2)C(c2ccccc2F)C2=C(CCCC2=O)N1. The Hall–Kier alpha value is -2.43. The van der Waals surface area contributed by atoms with Crippen molar-refractivity contribution in [2.24, 2.45) is 0 Å². The van der Waals surface area contributed by atoms with E-state index >= 15 is 0 Å². The molecule has 1 N–H and O–H groups in total. The van der Waals surface area contributed by atoms with Crippen molar-refractivity contribution in [3.63, 3.8) is 0 Å². The lowest BCUT2D eigenvalue weighted by atomic mass is 9.75. The molecular weight excluding hydrogens is 369 g/mol. The van der Waals surface area contributed by atoms with Gasteiger partial charge in [-0.25, -0.2) is 9.18 Å². The number of ether oxygens (including phenoxy) is 1. The lowest BCUT2D eigenvalue weighted by Gasteiger charge is -2.34. The van der Waals surface area contributed by atoms with E-state index in [4.69, 9.17) is 4.74 Å². The summed E-state index contributed by atoms with van der Waals surface area (Å²) in [6.07, 6.45) is 7.99. The molecule has 5 heteroatoms. The number of carbonyl (C=O) groups excluding carboxylic acids is 2. The quantitative estimate of drug-likeness (QED) is 0.572. The van der Waals surface area contributed by atoms with Crippen molar-refractivity contribution in [1.82, 2.24) is 5.32 Å². The van der Waals surface area contributed by atoms with Crippen LogP contribution in [0.1, 0.15) is 76.2 Å². The van der Waals surface area contributed by atoms with Crippen molar-refractivity contribution in [3.8, 4) is 0 Å². The van der Waals surface area contributed by atoms with Gasteiger partial charge in [-0.3, -0.25) is 4.79 Å². The molecule has 1 saturated carbocycles. The predicted molar refractivity (Wildman–Crippen MR) is 108 cm³/mol. The first-order valence-electron chi connectivity index (χ1n) is 10.8. The maximum atomic E-state index is 14.8. The van der Waals surface area contributed by atoms with E-state index in [1.807, 2.05) is 6.92 Å². The maximum absolute atomic E-state index is 14.8. The Morgan fingerprint density at radius 3 is 2.52 bits per heavy atom. The fourth-order valence-electron chi connectivity index (χ4n) is 4.85. The van der Waals surface area contributed by atoms with Gasteiger partial charge in [-0.1, -0.05) is 31.0 Å². The number of Topliss-reactive ketones (excluding diaryl/α,β-unsaturated/α-hetero) is 1. The van der Waals surface area contributed by atoms with Gasteiger partial charge in [0.15, 0.2) is 5.78 Å². The average molecular weight is 397 g/mol. The van der Waals surface area contributed by atoms with E-state index in [2.05, 4.69) is 5.32 Å². The van der Waals surface area contributed by atoms with Gasteiger partial charge in [-0.2, -0.15) is 0 Å². The number of hydrogen-bond donors (Lipinski definition) is 1. The Labute approximate surface area is 171 Å². The molecule has 0 aromatic heterocycles. The van der Waals surface area contributed by atoms with Crippen LogP contribution in [0.4, 0.5) is 4.39 Å². The number of hydrogen-bond acceptors (Lipinski definition) is 4. The van der Waals surface area contributed by atoms with Gasteiger partial charge in [0.2, 0.25) is 0 Å². The zero-order valence-electron chi connectivity index (χ0n) is 16.9. The topological polar surface area (TPSA) is 55.4 Å². The second kappa shape index (κ2) is 8.52. The number of dihydropyridines is 1. The van der Waals surface area contributed by atoms with Crippen LogP contribution in [0.3, 0.4) is 0 Å². The average Bonchev–Trinajstić information content (AvgIpc) is 2.96. The molecule has 4 rings (SSSR count). The van der Waals surface area contributed by atoms with Gasteiger partial charge < -0.3 is 10.1 Å². The molecule has 2 aliphatic carbocycles. The zero-order chi connectivity index (χ0) is 20.4. The van der Waals surface area contributed by atoms with E-state index in [0.717, 1.165) is 44.2 Å². The highest BCUT2D eigenvalue weighted by atomic mass is 19.1. The molecule has 4 nitrogen and oxygen atoms in total. The van der Waals surface area contributed by atoms with Gasteiger partial charge >= 0.3 is 5.97 Å². The smallest absolute Gasteiger partial charge is 0.337 e. The maximum Gasteiger partial charge on any atom is 0.337 e. The van der Waals surface area contributed by atoms with Crippen molar-refractivity contribution in [1.29, 1.82) is 0 Å². The molecule has 0 bridgehead atoms. The van der Waals surface area contributed by atoms with Crippen LogP contribution in [-0.4, -0.2) is 17.9 Å². The molecule has 1 aromatic rings. The summed E-state index contributed by atoms with van der Waals surface area (Å²) in [7, 11) is 0. The summed E-state index contributed by atoms with van der Waals surface area (Å²) < 4.78 is 20.7. The third-order valence-electron chi connectivity index (χ3n) is 6.29. The van der Waals surface area contributed by atoms with E-state index in [1.165, 1.54) is 18.9 Å². The molecule has 1 heterocycles. The Bertz CT molecular complexity index is 878. The molecule has 29 heavy (non-hydrogen) atoms. The number of halogens is 1. The number of benzene rings is 1. The predicted octanol–water partition coefficient (Wildman–Crippen LogP) is 5.06. The molecule has 0 spiro atoms. The molecule has 1 fully saturated rings. The van der Waals surface area contributed by atoms with Crippen LogP contribution >= 0.6 is 0 Å². The Morgan fingerprint density at radius 1 is 1.07 bits per heavy atom. The first-order valence-corrected chi connectivity index (χ1v) is 10.8. The number of esters is 1. The number of rotatable bonds is 3. The molecular formula is C24H28FNO3. The number of ketones is 1. The summed E-state index contributed by atoms with van der Waals surface area (Å²) in [5.74, 6) is -1.56. The minimum atomic E-state index is -0.710. The van der Waals surface area contributed by atoms with Gasteiger partial charge in [0.05, 0.1) is 11.5 Å². The summed E-state index contributed by atoms with van der Waals surface area (Å²) in [6, 6.07) is 6.42. The number of carbonyl (C=O) groups is 2. The van der Waals surface area contributed by atoms with E-state index < -0.39 is 17.7 Å². The van der Waals surface area contributed by atoms with Gasteiger partial charge in [0.25, 0.3) is 0 Å². The lowest BCUT2D eigenvalue weighted by molar-refractivity contribution is -0.145. The highest BCUT2D eigenvalue weighted by molar-refractivity contribution is 6.03. The monoisotopic (exact) mass is 397 g/mol. The van der Waals surface area contributed by atoms with Crippen LogP contribution in [0.15, 0.2) is 46.8 Å². The van der Waals surface area contributed by atoms with Crippen molar-refractivity contribution in [2.75, 3.05) is 0 Å². The van der Waals surface area contributed by atoms with Gasteiger partial charge in [0.1, 0.15) is 11.9 Å². The van der Waals surface area contributed by atoms with Crippen molar-refractivity contribution < 1.29 is 18.7 Å². The Morgan fingerprint density at radius 2 is 1.79 bits per heavy atom.